The van der Waals surface area contributed by atoms with Crippen molar-refractivity contribution in [2.45, 2.75) is 26.8 Å². The first-order valence-electron chi connectivity index (χ1n) is 6.82. The third kappa shape index (κ3) is 2.98. The quantitative estimate of drug-likeness (QED) is 0.854. The minimum absolute atomic E-state index is 0.180. The van der Waals surface area contributed by atoms with Crippen molar-refractivity contribution in [2.24, 2.45) is 0 Å². The number of carbonyl (C=O) groups excluding carboxylic acids is 2. The van der Waals surface area contributed by atoms with Crippen molar-refractivity contribution < 1.29 is 14.3 Å². The van der Waals surface area contributed by atoms with E-state index in [2.05, 4.69) is 15.6 Å². The maximum Gasteiger partial charge on any atom is 0.249 e. The van der Waals surface area contributed by atoms with Gasteiger partial charge in [-0.25, -0.2) is 4.68 Å². The van der Waals surface area contributed by atoms with Crippen LogP contribution in [0.3, 0.4) is 0 Å². The summed E-state index contributed by atoms with van der Waals surface area (Å²) in [5.74, 6) is 0.122. The molecule has 1 heterocycles. The van der Waals surface area contributed by atoms with Crippen molar-refractivity contribution in [3.05, 3.63) is 35.7 Å². The van der Waals surface area contributed by atoms with E-state index < -0.39 is 6.04 Å². The van der Waals surface area contributed by atoms with Crippen LogP contribution in [0.1, 0.15) is 36.1 Å². The number of hydrogen-bond donors (Lipinski definition) is 1. The molecule has 0 radical (unpaired) electrons. The van der Waals surface area contributed by atoms with Gasteiger partial charge in [0, 0.05) is 6.92 Å². The van der Waals surface area contributed by atoms with Gasteiger partial charge in [0.25, 0.3) is 0 Å². The minimum atomic E-state index is -0.606. The molecule has 1 aromatic carbocycles. The first kappa shape index (κ1) is 15.7. The number of anilines is 1. The second-order valence-corrected chi connectivity index (χ2v) is 4.89. The Morgan fingerprint density at radius 1 is 1.32 bits per heavy atom. The van der Waals surface area contributed by atoms with E-state index in [-0.39, 0.29) is 17.4 Å². The predicted octanol–water partition coefficient (Wildman–Crippen LogP) is 2.00. The van der Waals surface area contributed by atoms with Crippen LogP contribution in [-0.2, 0) is 4.79 Å². The van der Waals surface area contributed by atoms with E-state index in [1.807, 2.05) is 6.07 Å². The van der Waals surface area contributed by atoms with Crippen LogP contribution in [0.25, 0.3) is 0 Å². The highest BCUT2D eigenvalue weighted by Gasteiger charge is 2.22. The molecule has 2 rings (SSSR count). The van der Waals surface area contributed by atoms with Crippen molar-refractivity contribution in [3.63, 3.8) is 0 Å². The van der Waals surface area contributed by atoms with Gasteiger partial charge in [0.15, 0.2) is 11.5 Å². The first-order valence-corrected chi connectivity index (χ1v) is 6.82. The van der Waals surface area contributed by atoms with Gasteiger partial charge < -0.3 is 10.1 Å². The lowest BCUT2D eigenvalue weighted by molar-refractivity contribution is -0.119. The van der Waals surface area contributed by atoms with Gasteiger partial charge in [0.2, 0.25) is 5.91 Å². The third-order valence-electron chi connectivity index (χ3n) is 3.37. The molecule has 0 fully saturated rings. The molecule has 0 aliphatic carbocycles. The molecule has 0 saturated carbocycles. The van der Waals surface area contributed by atoms with E-state index in [0.717, 1.165) is 0 Å². The van der Waals surface area contributed by atoms with E-state index in [1.165, 1.54) is 18.7 Å². The lowest BCUT2D eigenvalue weighted by Gasteiger charge is -2.15. The Morgan fingerprint density at radius 3 is 2.59 bits per heavy atom. The number of ketones is 1. The largest absolute Gasteiger partial charge is 0.495 e. The molecule has 0 spiro atoms. The number of Topliss-reactive ketones (excluding diaryl/α,β-unsaturated/α-hetero) is 1. The first-order chi connectivity index (χ1) is 10.5. The summed E-state index contributed by atoms with van der Waals surface area (Å²) in [4.78, 5) is 23.8. The van der Waals surface area contributed by atoms with Gasteiger partial charge >= 0.3 is 0 Å². The van der Waals surface area contributed by atoms with Crippen molar-refractivity contribution in [1.29, 1.82) is 0 Å². The van der Waals surface area contributed by atoms with E-state index in [0.29, 0.717) is 17.1 Å². The van der Waals surface area contributed by atoms with Crippen LogP contribution >= 0.6 is 0 Å². The van der Waals surface area contributed by atoms with Crippen LogP contribution < -0.4 is 10.1 Å². The number of aromatic nitrogens is 3. The van der Waals surface area contributed by atoms with Gasteiger partial charge in [0.1, 0.15) is 11.8 Å². The molecule has 7 heteroatoms. The van der Waals surface area contributed by atoms with Crippen LogP contribution in [0, 0.1) is 6.92 Å². The molecule has 116 valence electrons. The summed E-state index contributed by atoms with van der Waals surface area (Å²) in [6.45, 7) is 4.82. The maximum absolute atomic E-state index is 12.4. The Balaban J connectivity index is 2.21. The highest BCUT2D eigenvalue weighted by molar-refractivity contribution is 5.95. The zero-order valence-corrected chi connectivity index (χ0v) is 13.0. The summed E-state index contributed by atoms with van der Waals surface area (Å²) in [7, 11) is 1.54. The SMILES string of the molecule is COc1ccccc1NC(=O)C(C)n1nnc(C(C)=O)c1C. The number of nitrogens with zero attached hydrogens (tertiary/aromatic N) is 3. The number of ether oxygens (including phenoxy) is 1. The third-order valence-corrected chi connectivity index (χ3v) is 3.37. The molecule has 2 aromatic rings. The highest BCUT2D eigenvalue weighted by Crippen LogP contribution is 2.24. The molecule has 1 N–H and O–H groups in total. The fourth-order valence-electron chi connectivity index (χ4n) is 2.13. The topological polar surface area (TPSA) is 86.1 Å². The molecule has 1 unspecified atom stereocenters. The predicted molar refractivity (Wildman–Crippen MR) is 81.1 cm³/mol. The molecule has 7 nitrogen and oxygen atoms in total. The molecule has 0 aliphatic rings. The average molecular weight is 302 g/mol. The Bertz CT molecular complexity index is 709. The minimum Gasteiger partial charge on any atom is -0.495 e. The van der Waals surface area contributed by atoms with Gasteiger partial charge in [-0.3, -0.25) is 9.59 Å². The summed E-state index contributed by atoms with van der Waals surface area (Å²) >= 11 is 0. The highest BCUT2D eigenvalue weighted by atomic mass is 16.5. The monoisotopic (exact) mass is 302 g/mol. The van der Waals surface area contributed by atoms with Crippen LogP contribution in [0.5, 0.6) is 5.75 Å². The summed E-state index contributed by atoms with van der Waals surface area (Å²) in [5, 5.41) is 10.5. The van der Waals surface area contributed by atoms with Gasteiger partial charge in [-0.2, -0.15) is 0 Å². The second kappa shape index (κ2) is 6.38. The van der Waals surface area contributed by atoms with Crippen LogP contribution in [0.15, 0.2) is 24.3 Å². The lowest BCUT2D eigenvalue weighted by Crippen LogP contribution is -2.25. The van der Waals surface area contributed by atoms with Crippen molar-refractivity contribution in [3.8, 4) is 5.75 Å². The number of nitrogens with one attached hydrogen (secondary N) is 1. The van der Waals surface area contributed by atoms with E-state index in [1.54, 1.807) is 32.0 Å². The molecule has 1 aromatic heterocycles. The number of hydrogen-bond acceptors (Lipinski definition) is 5. The molecule has 0 aliphatic heterocycles. The molecule has 0 bridgehead atoms. The van der Waals surface area contributed by atoms with E-state index >= 15 is 0 Å². The summed E-state index contributed by atoms with van der Waals surface area (Å²) in [6.07, 6.45) is 0. The molecular weight excluding hydrogens is 284 g/mol. The number of para-hydroxylation sites is 2. The summed E-state index contributed by atoms with van der Waals surface area (Å²) in [6, 6.07) is 6.52. The van der Waals surface area contributed by atoms with E-state index in [4.69, 9.17) is 4.74 Å². The Kier molecular flexibility index (Phi) is 4.55. The number of benzene rings is 1. The number of carbonyl (C=O) groups is 2. The molecule has 22 heavy (non-hydrogen) atoms. The van der Waals surface area contributed by atoms with Gasteiger partial charge in [0.05, 0.1) is 18.5 Å². The molecule has 1 amide bonds. The lowest BCUT2D eigenvalue weighted by atomic mass is 10.2. The van der Waals surface area contributed by atoms with Crippen molar-refractivity contribution in [1.82, 2.24) is 15.0 Å². The standard InChI is InChI=1S/C15H18N4O3/c1-9-14(11(3)20)17-18-19(9)10(2)15(21)16-12-7-5-6-8-13(12)22-4/h5-8,10H,1-4H3,(H,16,21). The van der Waals surface area contributed by atoms with Gasteiger partial charge in [-0.15, -0.1) is 5.10 Å². The van der Waals surface area contributed by atoms with Crippen LogP contribution in [-0.4, -0.2) is 33.8 Å². The number of rotatable bonds is 5. The Hall–Kier alpha value is -2.70. The molecule has 1 atom stereocenters. The Morgan fingerprint density at radius 2 is 2.00 bits per heavy atom. The molecule has 0 saturated heterocycles. The zero-order valence-electron chi connectivity index (χ0n) is 13.0. The Labute approximate surface area is 128 Å². The summed E-state index contributed by atoms with van der Waals surface area (Å²) in [5.41, 5.74) is 1.42. The van der Waals surface area contributed by atoms with E-state index in [9.17, 15) is 9.59 Å². The zero-order chi connectivity index (χ0) is 16.3. The number of amides is 1. The van der Waals surface area contributed by atoms with Crippen molar-refractivity contribution >= 4 is 17.4 Å². The van der Waals surface area contributed by atoms with Crippen LogP contribution in [0.4, 0.5) is 5.69 Å². The smallest absolute Gasteiger partial charge is 0.249 e. The maximum atomic E-state index is 12.4. The fourth-order valence-corrected chi connectivity index (χ4v) is 2.13. The van der Waals surface area contributed by atoms with Gasteiger partial charge in [-0.05, 0) is 26.0 Å². The average Bonchev–Trinajstić information content (AvgIpc) is 2.88. The summed E-state index contributed by atoms with van der Waals surface area (Å²) < 4.78 is 6.63. The normalized spacial score (nSPS) is 11.8. The van der Waals surface area contributed by atoms with Crippen molar-refractivity contribution in [2.75, 3.05) is 12.4 Å². The number of methoxy groups -OCH3 is 1. The second-order valence-electron chi connectivity index (χ2n) is 4.89. The fraction of sp³-hybridized carbons (Fsp3) is 0.333. The molecular formula is C15H18N4O3. The van der Waals surface area contributed by atoms with Gasteiger partial charge in [-0.1, -0.05) is 17.3 Å². The van der Waals surface area contributed by atoms with Crippen LogP contribution in [0.2, 0.25) is 0 Å².